The molecule has 98 valence electrons. The second-order valence-corrected chi connectivity index (χ2v) is 5.84. The van der Waals surface area contributed by atoms with E-state index in [2.05, 4.69) is 10.6 Å². The van der Waals surface area contributed by atoms with Gasteiger partial charge in [-0.3, -0.25) is 14.9 Å². The number of carbonyl (C=O) groups is 2. The molecule has 1 aliphatic rings. The van der Waals surface area contributed by atoms with Crippen molar-refractivity contribution in [2.45, 2.75) is 19.4 Å². The molecule has 0 aromatic heterocycles. The lowest BCUT2D eigenvalue weighted by Crippen LogP contribution is -2.60. The second kappa shape index (κ2) is 5.56. The molecule has 2 amide bonds. The highest BCUT2D eigenvalue weighted by Gasteiger charge is 2.39. The summed E-state index contributed by atoms with van der Waals surface area (Å²) < 4.78 is 24.9. The van der Waals surface area contributed by atoms with E-state index in [1.165, 1.54) is 0 Å². The monoisotopic (exact) mass is 263 g/mol. The summed E-state index contributed by atoms with van der Waals surface area (Å²) in [4.78, 5) is 22.7. The first-order valence-corrected chi connectivity index (χ1v) is 7.01. The Labute approximate surface area is 101 Å². The van der Waals surface area contributed by atoms with Crippen LogP contribution < -0.4 is 10.6 Å². The van der Waals surface area contributed by atoms with E-state index < -0.39 is 27.9 Å². The molecule has 2 N–H and O–H groups in total. The van der Waals surface area contributed by atoms with Crippen molar-refractivity contribution in [3.05, 3.63) is 0 Å². The number of nitrogens with zero attached hydrogens (tertiary/aromatic N) is 1. The van der Waals surface area contributed by atoms with Crippen LogP contribution in [0.4, 0.5) is 0 Å². The third-order valence-corrected chi connectivity index (χ3v) is 4.38. The number of hydrogen-bond donors (Lipinski definition) is 2. The van der Waals surface area contributed by atoms with E-state index in [1.807, 2.05) is 0 Å². The van der Waals surface area contributed by atoms with Gasteiger partial charge in [0.05, 0.1) is 12.3 Å². The van der Waals surface area contributed by atoms with Crippen molar-refractivity contribution in [2.75, 3.05) is 25.9 Å². The number of piperazine rings is 1. The predicted octanol–water partition coefficient (Wildman–Crippen LogP) is -1.73. The van der Waals surface area contributed by atoms with Gasteiger partial charge in [-0.25, -0.2) is 8.42 Å². The summed E-state index contributed by atoms with van der Waals surface area (Å²) in [6, 6.07) is -0.783. The van der Waals surface area contributed by atoms with Crippen LogP contribution in [0.5, 0.6) is 0 Å². The second-order valence-electron chi connectivity index (χ2n) is 3.80. The standard InChI is InChI=1S/C9H17N3O4S/c1-3-7-9(14)11-8(13)6-12(7)17(15,16)5-4-10-2/h7,10H,3-6H2,1-2H3,(H,11,13,14). The molecule has 8 heteroatoms. The highest BCUT2D eigenvalue weighted by molar-refractivity contribution is 7.89. The molecule has 0 bridgehead atoms. The van der Waals surface area contributed by atoms with Gasteiger partial charge in [0.1, 0.15) is 6.04 Å². The van der Waals surface area contributed by atoms with Gasteiger partial charge in [-0.1, -0.05) is 6.92 Å². The summed E-state index contributed by atoms with van der Waals surface area (Å²) in [7, 11) is -1.94. The van der Waals surface area contributed by atoms with Crippen molar-refractivity contribution in [2.24, 2.45) is 0 Å². The minimum absolute atomic E-state index is 0.124. The molecule has 1 aliphatic heterocycles. The van der Waals surface area contributed by atoms with Crippen LogP contribution in [0.15, 0.2) is 0 Å². The van der Waals surface area contributed by atoms with Crippen molar-refractivity contribution in [3.63, 3.8) is 0 Å². The van der Waals surface area contributed by atoms with Crippen molar-refractivity contribution in [1.82, 2.24) is 14.9 Å². The molecule has 1 heterocycles. The number of rotatable bonds is 5. The van der Waals surface area contributed by atoms with Gasteiger partial charge in [-0.15, -0.1) is 0 Å². The van der Waals surface area contributed by atoms with Crippen LogP contribution in [0.25, 0.3) is 0 Å². The molecular weight excluding hydrogens is 246 g/mol. The smallest absolute Gasteiger partial charge is 0.245 e. The van der Waals surface area contributed by atoms with Crippen LogP contribution in [-0.2, 0) is 19.6 Å². The molecule has 1 atom stereocenters. The summed E-state index contributed by atoms with van der Waals surface area (Å²) in [5, 5.41) is 4.87. The Balaban J connectivity index is 2.91. The maximum absolute atomic E-state index is 12.0. The predicted molar refractivity (Wildman–Crippen MR) is 61.6 cm³/mol. The van der Waals surface area contributed by atoms with E-state index >= 15 is 0 Å². The van der Waals surface area contributed by atoms with Crippen molar-refractivity contribution < 1.29 is 18.0 Å². The third kappa shape index (κ3) is 3.24. The molecule has 0 aliphatic carbocycles. The van der Waals surface area contributed by atoms with Gasteiger partial charge >= 0.3 is 0 Å². The molecule has 1 fully saturated rings. The highest BCUT2D eigenvalue weighted by Crippen LogP contribution is 2.14. The van der Waals surface area contributed by atoms with Crippen LogP contribution >= 0.6 is 0 Å². The number of hydrogen-bond acceptors (Lipinski definition) is 5. The van der Waals surface area contributed by atoms with E-state index in [0.29, 0.717) is 6.42 Å². The number of amides is 2. The molecule has 1 unspecified atom stereocenters. The maximum Gasteiger partial charge on any atom is 0.245 e. The molecule has 0 aromatic carbocycles. The molecule has 1 rings (SSSR count). The first-order chi connectivity index (χ1) is 7.92. The zero-order valence-corrected chi connectivity index (χ0v) is 10.7. The van der Waals surface area contributed by atoms with Crippen LogP contribution in [0, 0.1) is 0 Å². The first-order valence-electron chi connectivity index (χ1n) is 5.40. The summed E-state index contributed by atoms with van der Waals surface area (Å²) in [5.41, 5.74) is 0. The van der Waals surface area contributed by atoms with Gasteiger partial charge in [-0.2, -0.15) is 4.31 Å². The van der Waals surface area contributed by atoms with Gasteiger partial charge in [0.2, 0.25) is 21.8 Å². The fourth-order valence-corrected chi connectivity index (χ4v) is 3.32. The lowest BCUT2D eigenvalue weighted by Gasteiger charge is -2.32. The van der Waals surface area contributed by atoms with Crippen LogP contribution in [0.2, 0.25) is 0 Å². The fraction of sp³-hybridized carbons (Fsp3) is 0.778. The maximum atomic E-state index is 12.0. The number of sulfonamides is 1. The van der Waals surface area contributed by atoms with E-state index in [4.69, 9.17) is 0 Å². The van der Waals surface area contributed by atoms with E-state index in [9.17, 15) is 18.0 Å². The molecule has 17 heavy (non-hydrogen) atoms. The minimum atomic E-state index is -3.58. The Morgan fingerprint density at radius 3 is 2.65 bits per heavy atom. The van der Waals surface area contributed by atoms with Gasteiger partial charge in [0.15, 0.2) is 0 Å². The summed E-state index contributed by atoms with van der Waals surface area (Å²) in [6.45, 7) is 1.71. The van der Waals surface area contributed by atoms with Crippen molar-refractivity contribution in [3.8, 4) is 0 Å². The summed E-state index contributed by atoms with van der Waals surface area (Å²) in [6.07, 6.45) is 0.345. The summed E-state index contributed by atoms with van der Waals surface area (Å²) in [5.74, 6) is -1.25. The topological polar surface area (TPSA) is 95.6 Å². The number of carbonyl (C=O) groups excluding carboxylic acids is 2. The Morgan fingerprint density at radius 1 is 1.47 bits per heavy atom. The zero-order valence-electron chi connectivity index (χ0n) is 9.89. The highest BCUT2D eigenvalue weighted by atomic mass is 32.2. The lowest BCUT2D eigenvalue weighted by molar-refractivity contribution is -0.137. The Bertz CT molecular complexity index is 406. The average molecular weight is 263 g/mol. The van der Waals surface area contributed by atoms with Gasteiger partial charge in [-0.05, 0) is 13.5 Å². The zero-order chi connectivity index (χ0) is 13.1. The quantitative estimate of drug-likeness (QED) is 0.575. The van der Waals surface area contributed by atoms with Gasteiger partial charge < -0.3 is 5.32 Å². The van der Waals surface area contributed by atoms with E-state index in [0.717, 1.165) is 4.31 Å². The SMILES string of the molecule is CCC1C(=O)NC(=O)CN1S(=O)(=O)CCNC. The third-order valence-electron chi connectivity index (χ3n) is 2.57. The van der Waals surface area contributed by atoms with Crippen LogP contribution in [-0.4, -0.2) is 56.5 Å². The molecule has 7 nitrogen and oxygen atoms in total. The average Bonchev–Trinajstić information content (AvgIpc) is 2.25. The molecule has 1 saturated heterocycles. The van der Waals surface area contributed by atoms with Gasteiger partial charge in [0.25, 0.3) is 0 Å². The molecule has 0 radical (unpaired) electrons. The lowest BCUT2D eigenvalue weighted by atomic mass is 10.2. The largest absolute Gasteiger partial charge is 0.319 e. The Morgan fingerprint density at radius 2 is 2.12 bits per heavy atom. The van der Waals surface area contributed by atoms with Crippen molar-refractivity contribution in [1.29, 1.82) is 0 Å². The van der Waals surface area contributed by atoms with Crippen LogP contribution in [0.1, 0.15) is 13.3 Å². The normalized spacial score (nSPS) is 22.6. The van der Waals surface area contributed by atoms with Crippen molar-refractivity contribution >= 4 is 21.8 Å². The first kappa shape index (κ1) is 14.1. The summed E-state index contributed by atoms with van der Waals surface area (Å²) >= 11 is 0. The van der Waals surface area contributed by atoms with E-state index in [1.54, 1.807) is 14.0 Å². The Kier molecular flexibility index (Phi) is 4.61. The number of imide groups is 1. The molecular formula is C9H17N3O4S. The molecule has 0 aromatic rings. The molecule has 0 spiro atoms. The Hall–Kier alpha value is -0.990. The van der Waals surface area contributed by atoms with E-state index in [-0.39, 0.29) is 18.8 Å². The minimum Gasteiger partial charge on any atom is -0.319 e. The van der Waals surface area contributed by atoms with Gasteiger partial charge in [0, 0.05) is 6.54 Å². The van der Waals surface area contributed by atoms with Crippen LogP contribution in [0.3, 0.4) is 0 Å². The number of nitrogens with one attached hydrogen (secondary N) is 2. The fourth-order valence-electron chi connectivity index (χ4n) is 1.67. The molecule has 0 saturated carbocycles.